The third-order valence-corrected chi connectivity index (χ3v) is 7.08. The Labute approximate surface area is 180 Å². The topological polar surface area (TPSA) is 79.0 Å². The lowest BCUT2D eigenvalue weighted by molar-refractivity contribution is -0.117. The molecule has 0 unspecified atom stereocenters. The van der Waals surface area contributed by atoms with Crippen molar-refractivity contribution in [1.29, 1.82) is 0 Å². The number of carbonyl (C=O) groups is 1. The molecule has 2 aromatic rings. The number of halogens is 2. The fourth-order valence-electron chi connectivity index (χ4n) is 3.01. The Bertz CT molecular complexity index is 975. The highest BCUT2D eigenvalue weighted by Crippen LogP contribution is 2.25. The van der Waals surface area contributed by atoms with Gasteiger partial charge in [-0.15, -0.1) is 0 Å². The fraction of sp³-hybridized carbons (Fsp3) is 0.316. The summed E-state index contributed by atoms with van der Waals surface area (Å²) in [6.45, 7) is 1.65. The molecule has 0 aromatic heterocycles. The van der Waals surface area contributed by atoms with Crippen molar-refractivity contribution >= 4 is 44.8 Å². The molecule has 1 fully saturated rings. The molecule has 1 aliphatic rings. The van der Waals surface area contributed by atoms with E-state index < -0.39 is 10.0 Å². The van der Waals surface area contributed by atoms with Crippen LogP contribution in [0.2, 0.25) is 10.0 Å². The van der Waals surface area contributed by atoms with E-state index in [0.717, 1.165) is 0 Å². The average Bonchev–Trinajstić information content (AvgIpc) is 2.71. The van der Waals surface area contributed by atoms with Crippen LogP contribution < -0.4 is 10.1 Å². The summed E-state index contributed by atoms with van der Waals surface area (Å²) < 4.78 is 32.1. The molecule has 1 amide bonds. The lowest BCUT2D eigenvalue weighted by atomic mass is 10.3. The van der Waals surface area contributed by atoms with Crippen molar-refractivity contribution in [2.75, 3.05) is 45.2 Å². The van der Waals surface area contributed by atoms with Gasteiger partial charge < -0.3 is 10.1 Å². The van der Waals surface area contributed by atoms with E-state index in [2.05, 4.69) is 5.32 Å². The molecule has 0 atom stereocenters. The zero-order valence-corrected chi connectivity index (χ0v) is 18.1. The Morgan fingerprint density at radius 3 is 2.34 bits per heavy atom. The first-order chi connectivity index (χ1) is 13.8. The second-order valence-corrected chi connectivity index (χ2v) is 9.31. The summed E-state index contributed by atoms with van der Waals surface area (Å²) in [6, 6.07) is 11.1. The molecule has 29 heavy (non-hydrogen) atoms. The van der Waals surface area contributed by atoms with Crippen molar-refractivity contribution in [3.05, 3.63) is 52.5 Å². The number of amides is 1. The number of ether oxygens (including phenoxy) is 1. The molecule has 0 aliphatic carbocycles. The summed E-state index contributed by atoms with van der Waals surface area (Å²) in [5.74, 6) is 0.361. The molecule has 156 valence electrons. The second kappa shape index (κ2) is 9.32. The van der Waals surface area contributed by atoms with E-state index >= 15 is 0 Å². The van der Waals surface area contributed by atoms with Gasteiger partial charge in [0.15, 0.2) is 0 Å². The van der Waals surface area contributed by atoms with Gasteiger partial charge in [-0.2, -0.15) is 4.31 Å². The van der Waals surface area contributed by atoms with Gasteiger partial charge >= 0.3 is 0 Å². The predicted octanol–water partition coefficient (Wildman–Crippen LogP) is 2.95. The number of nitrogens with zero attached hydrogens (tertiary/aromatic N) is 2. The average molecular weight is 458 g/mol. The second-order valence-electron chi connectivity index (χ2n) is 6.53. The Morgan fingerprint density at radius 2 is 1.72 bits per heavy atom. The molecule has 1 heterocycles. The predicted molar refractivity (Wildman–Crippen MR) is 113 cm³/mol. The quantitative estimate of drug-likeness (QED) is 0.720. The van der Waals surface area contributed by atoms with Gasteiger partial charge in [0.25, 0.3) is 0 Å². The van der Waals surface area contributed by atoms with Crippen molar-refractivity contribution in [2.45, 2.75) is 4.90 Å². The number of carbonyl (C=O) groups excluding carboxylic acids is 1. The molecule has 2 aromatic carbocycles. The van der Waals surface area contributed by atoms with E-state index in [9.17, 15) is 13.2 Å². The van der Waals surface area contributed by atoms with E-state index in [4.69, 9.17) is 27.9 Å². The first-order valence-corrected chi connectivity index (χ1v) is 11.1. The lowest BCUT2D eigenvalue weighted by Gasteiger charge is -2.33. The van der Waals surface area contributed by atoms with Gasteiger partial charge in [-0.3, -0.25) is 9.69 Å². The summed E-state index contributed by atoms with van der Waals surface area (Å²) in [4.78, 5) is 14.4. The van der Waals surface area contributed by atoms with E-state index in [1.165, 1.54) is 23.5 Å². The van der Waals surface area contributed by atoms with Crippen molar-refractivity contribution < 1.29 is 17.9 Å². The molecule has 0 radical (unpaired) electrons. The van der Waals surface area contributed by atoms with Crippen LogP contribution >= 0.6 is 23.2 Å². The van der Waals surface area contributed by atoms with Gasteiger partial charge in [-0.25, -0.2) is 8.42 Å². The van der Waals surface area contributed by atoms with Crippen LogP contribution in [0.1, 0.15) is 0 Å². The summed E-state index contributed by atoms with van der Waals surface area (Å²) in [5, 5.41) is 3.61. The lowest BCUT2D eigenvalue weighted by Crippen LogP contribution is -2.50. The van der Waals surface area contributed by atoms with Crippen LogP contribution in [0.15, 0.2) is 47.4 Å². The van der Waals surface area contributed by atoms with Crippen LogP contribution in [0.4, 0.5) is 5.69 Å². The molecule has 1 aliphatic heterocycles. The number of anilines is 1. The monoisotopic (exact) mass is 457 g/mol. The van der Waals surface area contributed by atoms with E-state index in [-0.39, 0.29) is 17.3 Å². The van der Waals surface area contributed by atoms with Crippen LogP contribution in [0, 0.1) is 0 Å². The number of hydrogen-bond donors (Lipinski definition) is 1. The molecular formula is C19H21Cl2N3O4S. The number of piperazine rings is 1. The summed E-state index contributed by atoms with van der Waals surface area (Å²) in [5.41, 5.74) is 0.449. The zero-order chi connectivity index (χ0) is 21.0. The summed E-state index contributed by atoms with van der Waals surface area (Å²) in [6.07, 6.45) is 0. The van der Waals surface area contributed by atoms with Gasteiger partial charge in [0, 0.05) is 31.2 Å². The van der Waals surface area contributed by atoms with Gasteiger partial charge in [0.1, 0.15) is 5.75 Å². The maximum absolute atomic E-state index is 12.8. The van der Waals surface area contributed by atoms with Crippen molar-refractivity contribution in [2.24, 2.45) is 0 Å². The number of rotatable bonds is 6. The molecule has 1 saturated heterocycles. The standard InChI is InChI=1S/C19H21Cl2N3O4S/c1-28-15-3-5-16(6-4-15)29(26,27)24-10-8-23(9-11-24)13-19(25)22-18-12-14(20)2-7-17(18)21/h2-7,12H,8-11,13H2,1H3,(H,22,25). The highest BCUT2D eigenvalue weighted by Gasteiger charge is 2.29. The van der Waals surface area contributed by atoms with Crippen LogP contribution in [-0.4, -0.2) is 63.4 Å². The number of sulfonamides is 1. The molecule has 0 spiro atoms. The van der Waals surface area contributed by atoms with E-state index in [0.29, 0.717) is 47.7 Å². The number of hydrogen-bond acceptors (Lipinski definition) is 5. The van der Waals surface area contributed by atoms with Crippen LogP contribution in [0.25, 0.3) is 0 Å². The SMILES string of the molecule is COc1ccc(S(=O)(=O)N2CCN(CC(=O)Nc3cc(Cl)ccc3Cl)CC2)cc1. The first kappa shape index (κ1) is 21.9. The van der Waals surface area contributed by atoms with Crippen molar-refractivity contribution in [3.8, 4) is 5.75 Å². The number of nitrogens with one attached hydrogen (secondary N) is 1. The summed E-state index contributed by atoms with van der Waals surface area (Å²) >= 11 is 12.0. The van der Waals surface area contributed by atoms with E-state index in [1.54, 1.807) is 30.3 Å². The van der Waals surface area contributed by atoms with Gasteiger partial charge in [-0.05, 0) is 42.5 Å². The highest BCUT2D eigenvalue weighted by molar-refractivity contribution is 7.89. The minimum Gasteiger partial charge on any atom is -0.497 e. The normalized spacial score (nSPS) is 15.8. The summed E-state index contributed by atoms with van der Waals surface area (Å²) in [7, 11) is -2.05. The molecule has 7 nitrogen and oxygen atoms in total. The first-order valence-electron chi connectivity index (χ1n) is 8.91. The van der Waals surface area contributed by atoms with Gasteiger partial charge in [0.05, 0.1) is 29.3 Å². The Kier molecular flexibility index (Phi) is 7.02. The molecule has 3 rings (SSSR count). The van der Waals surface area contributed by atoms with Crippen LogP contribution in [-0.2, 0) is 14.8 Å². The zero-order valence-electron chi connectivity index (χ0n) is 15.8. The largest absolute Gasteiger partial charge is 0.497 e. The Hall–Kier alpha value is -1.84. The number of benzene rings is 2. The molecule has 1 N–H and O–H groups in total. The van der Waals surface area contributed by atoms with Gasteiger partial charge in [0.2, 0.25) is 15.9 Å². The van der Waals surface area contributed by atoms with Gasteiger partial charge in [-0.1, -0.05) is 23.2 Å². The fourth-order valence-corrected chi connectivity index (χ4v) is 4.77. The maximum Gasteiger partial charge on any atom is 0.243 e. The van der Waals surface area contributed by atoms with E-state index in [1.807, 2.05) is 4.90 Å². The maximum atomic E-state index is 12.8. The minimum absolute atomic E-state index is 0.138. The smallest absolute Gasteiger partial charge is 0.243 e. The third-order valence-electron chi connectivity index (χ3n) is 4.60. The number of methoxy groups -OCH3 is 1. The van der Waals surface area contributed by atoms with Crippen molar-refractivity contribution in [1.82, 2.24) is 9.21 Å². The van der Waals surface area contributed by atoms with Crippen molar-refractivity contribution in [3.63, 3.8) is 0 Å². The highest BCUT2D eigenvalue weighted by atomic mass is 35.5. The minimum atomic E-state index is -3.58. The van der Waals surface area contributed by atoms with Crippen LogP contribution in [0.3, 0.4) is 0 Å². The molecule has 0 bridgehead atoms. The van der Waals surface area contributed by atoms with Crippen LogP contribution in [0.5, 0.6) is 5.75 Å². The molecule has 0 saturated carbocycles. The molecule has 10 heteroatoms. The third kappa shape index (κ3) is 5.40. The Morgan fingerprint density at radius 1 is 1.07 bits per heavy atom. The molecular weight excluding hydrogens is 437 g/mol. The Balaban J connectivity index is 1.55.